The molecule has 0 spiro atoms. The lowest BCUT2D eigenvalue weighted by Gasteiger charge is -2.09. The summed E-state index contributed by atoms with van der Waals surface area (Å²) >= 11 is 0. The zero-order chi connectivity index (χ0) is 12.7. The molecule has 0 saturated heterocycles. The number of benzene rings is 1. The molecule has 1 aromatic rings. The average molecular weight is 253 g/mol. The van der Waals surface area contributed by atoms with Crippen molar-refractivity contribution in [1.82, 2.24) is 0 Å². The van der Waals surface area contributed by atoms with E-state index >= 15 is 0 Å². The van der Waals surface area contributed by atoms with Crippen molar-refractivity contribution in [1.29, 1.82) is 0 Å². The van der Waals surface area contributed by atoms with Gasteiger partial charge in [-0.05, 0) is 18.6 Å². The molecule has 94 valence electrons. The molecule has 0 amide bonds. The highest BCUT2D eigenvalue weighted by Gasteiger charge is 2.12. The zero-order valence-corrected chi connectivity index (χ0v) is 11.3. The number of ether oxygens (including phenoxy) is 2. The van der Waals surface area contributed by atoms with Crippen LogP contribution in [0.5, 0.6) is 11.5 Å². The molecule has 0 heterocycles. The molecule has 0 aromatic heterocycles. The summed E-state index contributed by atoms with van der Waals surface area (Å²) in [5.41, 5.74) is 0.627. The van der Waals surface area contributed by atoms with Crippen LogP contribution in [0.2, 0.25) is 0 Å². The molecule has 17 heavy (non-hydrogen) atoms. The Hall–Kier alpha value is -1.08. The zero-order valence-electron chi connectivity index (χ0n) is 10.3. The molecule has 0 aliphatic carbocycles. The van der Waals surface area contributed by atoms with Crippen LogP contribution in [0.1, 0.15) is 29.6 Å². The van der Waals surface area contributed by atoms with Crippen LogP contribution < -0.4 is 9.47 Å². The van der Waals surface area contributed by atoms with E-state index in [1.165, 1.54) is 0 Å². The minimum Gasteiger partial charge on any atom is -0.558 e. The third-order valence-corrected chi connectivity index (χ3v) is 2.89. The lowest BCUT2D eigenvalue weighted by molar-refractivity contribution is 0.0977. The van der Waals surface area contributed by atoms with Gasteiger partial charge in [0.05, 0.1) is 19.8 Å². The predicted octanol–water partition coefficient (Wildman–Crippen LogP) is 3.20. The predicted molar refractivity (Wildman–Crippen MR) is 70.9 cm³/mol. The van der Waals surface area contributed by atoms with Gasteiger partial charge in [-0.2, -0.15) is 6.16 Å². The van der Waals surface area contributed by atoms with Crippen LogP contribution in [0.4, 0.5) is 0 Å². The Kier molecular flexibility index (Phi) is 5.99. The van der Waals surface area contributed by atoms with Gasteiger partial charge in [0, 0.05) is 12.5 Å². The molecule has 1 aromatic carbocycles. The van der Waals surface area contributed by atoms with Gasteiger partial charge in [0.25, 0.3) is 0 Å². The van der Waals surface area contributed by atoms with Crippen molar-refractivity contribution >= 4 is 15.0 Å². The van der Waals surface area contributed by atoms with E-state index in [2.05, 4.69) is 9.24 Å². The second-order valence-corrected chi connectivity index (χ2v) is 4.20. The molecule has 0 atom stereocenters. The summed E-state index contributed by atoms with van der Waals surface area (Å²) in [6.45, 7) is 0. The molecule has 0 aliphatic rings. The highest BCUT2D eigenvalue weighted by atomic mass is 31.0. The number of hydrogen-bond acceptors (Lipinski definition) is 3. The number of methoxy groups -OCH3 is 2. The van der Waals surface area contributed by atoms with Gasteiger partial charge in [0.2, 0.25) is 0 Å². The molecule has 0 bridgehead atoms. The molecule has 0 radical (unpaired) electrons. The maximum absolute atomic E-state index is 12.0. The number of rotatable bonds is 7. The Bertz CT molecular complexity index is 377. The quantitative estimate of drug-likeness (QED) is 0.425. The molecule has 1 rings (SSSR count). The van der Waals surface area contributed by atoms with Gasteiger partial charge in [0.1, 0.15) is 11.5 Å². The van der Waals surface area contributed by atoms with E-state index < -0.39 is 0 Å². The molecule has 0 saturated carbocycles. The topological polar surface area (TPSA) is 35.5 Å². The van der Waals surface area contributed by atoms with Gasteiger partial charge in [-0.1, -0.05) is 6.42 Å². The first kappa shape index (κ1) is 14.0. The number of carbonyl (C=O) groups is 1. The van der Waals surface area contributed by atoms with Crippen LogP contribution in [0, 0.1) is 0 Å². The van der Waals surface area contributed by atoms with Gasteiger partial charge >= 0.3 is 0 Å². The van der Waals surface area contributed by atoms with Crippen molar-refractivity contribution in [3.05, 3.63) is 23.8 Å². The fraction of sp³-hybridized carbons (Fsp3) is 0.462. The highest BCUT2D eigenvalue weighted by molar-refractivity contribution is 7.16. The third-order valence-electron chi connectivity index (χ3n) is 2.54. The van der Waals surface area contributed by atoms with Crippen molar-refractivity contribution in [2.75, 3.05) is 20.4 Å². The Morgan fingerprint density at radius 3 is 2.59 bits per heavy atom. The molecule has 0 aliphatic heterocycles. The molecule has 4 heteroatoms. The highest BCUT2D eigenvalue weighted by Crippen LogP contribution is 2.26. The molecule has 0 unspecified atom stereocenters. The van der Waals surface area contributed by atoms with Crippen molar-refractivity contribution in [2.45, 2.75) is 19.3 Å². The van der Waals surface area contributed by atoms with E-state index in [1.807, 2.05) is 0 Å². The first-order chi connectivity index (χ1) is 8.22. The van der Waals surface area contributed by atoms with Crippen LogP contribution in [-0.4, -0.2) is 26.2 Å². The van der Waals surface area contributed by atoms with E-state index in [0.29, 0.717) is 23.5 Å². The Morgan fingerprint density at radius 2 is 2.00 bits per heavy atom. The summed E-state index contributed by atoms with van der Waals surface area (Å²) in [7, 11) is 6.54. The van der Waals surface area contributed by atoms with Crippen molar-refractivity contribution < 1.29 is 14.3 Å². The van der Waals surface area contributed by atoms with Gasteiger partial charge in [-0.15, -0.1) is 0 Å². The van der Waals surface area contributed by atoms with Gasteiger partial charge in [-0.25, -0.2) is 0 Å². The van der Waals surface area contributed by atoms with E-state index in [4.69, 9.17) is 9.47 Å². The van der Waals surface area contributed by atoms with E-state index in [0.717, 1.165) is 19.0 Å². The van der Waals surface area contributed by atoms with Gasteiger partial charge < -0.3 is 18.7 Å². The summed E-state index contributed by atoms with van der Waals surface area (Å²) in [6.07, 6.45) is 3.36. The molecular weight excluding hydrogens is 235 g/mol. The Balaban J connectivity index is 2.78. The SMILES string of the molecule is COc1ccc(C(=O)CCCC[PH-])c(OC)c1. The minimum absolute atomic E-state index is 0.115. The number of unbranched alkanes of at least 4 members (excludes halogenated alkanes) is 1. The van der Waals surface area contributed by atoms with Crippen LogP contribution >= 0.6 is 9.24 Å². The first-order valence-corrected chi connectivity index (χ1v) is 6.33. The molecule has 0 N–H and O–H groups in total. The van der Waals surface area contributed by atoms with Crippen molar-refractivity contribution in [2.24, 2.45) is 0 Å². The van der Waals surface area contributed by atoms with E-state index in [1.54, 1.807) is 32.4 Å². The smallest absolute Gasteiger partial charge is 0.166 e. The number of Topliss-reactive ketones (excluding diaryl/α,β-unsaturated/α-hetero) is 1. The first-order valence-electron chi connectivity index (χ1n) is 5.62. The maximum atomic E-state index is 12.0. The lowest BCUT2D eigenvalue weighted by Crippen LogP contribution is -2.02. The standard InChI is InChI=1S/C13H18O3P/c1-15-10-6-7-11(13(9-10)16-2)12(14)5-3-4-8-17/h6-7,9,17H,3-5,8H2,1-2H3/q-1. The van der Waals surface area contributed by atoms with Crippen molar-refractivity contribution in [3.8, 4) is 11.5 Å². The maximum Gasteiger partial charge on any atom is 0.166 e. The molecular formula is C13H18O3P-. The summed E-state index contributed by atoms with van der Waals surface area (Å²) in [5.74, 6) is 1.39. The van der Waals surface area contributed by atoms with E-state index in [9.17, 15) is 4.79 Å². The largest absolute Gasteiger partial charge is 0.558 e. The third kappa shape index (κ3) is 4.01. The van der Waals surface area contributed by atoms with Gasteiger partial charge in [-0.3, -0.25) is 4.79 Å². The monoisotopic (exact) mass is 253 g/mol. The second-order valence-electron chi connectivity index (χ2n) is 3.70. The van der Waals surface area contributed by atoms with Crippen LogP contribution in [0.3, 0.4) is 0 Å². The normalized spacial score (nSPS) is 10.1. The van der Waals surface area contributed by atoms with Crippen molar-refractivity contribution in [3.63, 3.8) is 0 Å². The fourth-order valence-corrected chi connectivity index (χ4v) is 1.82. The Labute approximate surface area is 105 Å². The summed E-state index contributed by atoms with van der Waals surface area (Å²) < 4.78 is 10.3. The minimum atomic E-state index is 0.115. The lowest BCUT2D eigenvalue weighted by atomic mass is 10.0. The fourth-order valence-electron chi connectivity index (χ4n) is 1.57. The van der Waals surface area contributed by atoms with Crippen LogP contribution in [-0.2, 0) is 0 Å². The number of carbonyl (C=O) groups excluding carboxylic acids is 1. The summed E-state index contributed by atoms with van der Waals surface area (Å²) in [5, 5.41) is 0. The number of ketones is 1. The van der Waals surface area contributed by atoms with Crippen LogP contribution in [0.15, 0.2) is 18.2 Å². The second kappa shape index (κ2) is 7.29. The average Bonchev–Trinajstić information content (AvgIpc) is 2.38. The molecule has 0 fully saturated rings. The Morgan fingerprint density at radius 1 is 1.24 bits per heavy atom. The van der Waals surface area contributed by atoms with Crippen LogP contribution in [0.25, 0.3) is 0 Å². The summed E-state index contributed by atoms with van der Waals surface area (Å²) in [6, 6.07) is 5.27. The summed E-state index contributed by atoms with van der Waals surface area (Å²) in [4.78, 5) is 12.0. The van der Waals surface area contributed by atoms with E-state index in [-0.39, 0.29) is 5.78 Å². The number of hydrogen-bond donors (Lipinski definition) is 0. The molecule has 3 nitrogen and oxygen atoms in total. The van der Waals surface area contributed by atoms with Gasteiger partial charge in [0.15, 0.2) is 5.78 Å².